The van der Waals surface area contributed by atoms with Crippen molar-refractivity contribution in [3.63, 3.8) is 0 Å². The summed E-state index contributed by atoms with van der Waals surface area (Å²) in [6.45, 7) is 3.45. The van der Waals surface area contributed by atoms with Crippen LogP contribution in [0.3, 0.4) is 0 Å². The van der Waals surface area contributed by atoms with E-state index in [1.54, 1.807) is 32.0 Å². The van der Waals surface area contributed by atoms with Crippen molar-refractivity contribution in [3.05, 3.63) is 42.5 Å². The molecule has 0 saturated heterocycles. The predicted octanol–water partition coefficient (Wildman–Crippen LogP) is 1.96. The largest absolute Gasteiger partial charge is 0.461 e. The van der Waals surface area contributed by atoms with E-state index in [0.717, 1.165) is 0 Å². The van der Waals surface area contributed by atoms with E-state index in [9.17, 15) is 13.2 Å². The van der Waals surface area contributed by atoms with Crippen molar-refractivity contribution in [1.82, 2.24) is 0 Å². The van der Waals surface area contributed by atoms with Crippen molar-refractivity contribution in [2.75, 3.05) is 6.61 Å². The highest BCUT2D eigenvalue weighted by molar-refractivity contribution is 7.90. The molecule has 0 saturated carbocycles. The molecule has 0 N–H and O–H groups in total. The summed E-state index contributed by atoms with van der Waals surface area (Å²) in [7, 11) is -3.91. The van der Waals surface area contributed by atoms with E-state index < -0.39 is 16.0 Å². The maximum atomic E-state index is 12.0. The van der Waals surface area contributed by atoms with E-state index in [1.807, 2.05) is 0 Å². The number of sulfonamides is 1. The zero-order valence-corrected chi connectivity index (χ0v) is 11.6. The molecule has 0 unspecified atom stereocenters. The Morgan fingerprint density at radius 2 is 1.95 bits per heavy atom. The number of carbonyl (C=O) groups excluding carboxylic acids is 1. The molecule has 0 aliphatic carbocycles. The van der Waals surface area contributed by atoms with Crippen LogP contribution in [0.25, 0.3) is 0 Å². The maximum absolute atomic E-state index is 12.0. The van der Waals surface area contributed by atoms with E-state index >= 15 is 0 Å². The molecule has 0 fully saturated rings. The molecule has 0 heterocycles. The zero-order chi connectivity index (χ0) is 14.3. The number of benzene rings is 1. The van der Waals surface area contributed by atoms with Gasteiger partial charge in [-0.2, -0.15) is 12.8 Å². The summed E-state index contributed by atoms with van der Waals surface area (Å²) in [5.41, 5.74) is -0.242. The molecule has 0 spiro atoms. The lowest BCUT2D eigenvalue weighted by atomic mass is 10.3. The van der Waals surface area contributed by atoms with Crippen molar-refractivity contribution in [2.24, 2.45) is 4.40 Å². The summed E-state index contributed by atoms with van der Waals surface area (Å²) in [5, 5.41) is 0. The van der Waals surface area contributed by atoms with E-state index in [2.05, 4.69) is 4.40 Å². The number of rotatable bonds is 5. The average Bonchev–Trinajstić information content (AvgIpc) is 2.39. The van der Waals surface area contributed by atoms with Gasteiger partial charge < -0.3 is 4.74 Å². The minimum absolute atomic E-state index is 0.0290. The van der Waals surface area contributed by atoms with Gasteiger partial charge in [-0.3, -0.25) is 0 Å². The zero-order valence-electron chi connectivity index (χ0n) is 10.7. The molecule has 1 aromatic rings. The van der Waals surface area contributed by atoms with Crippen LogP contribution in [0.15, 0.2) is 51.8 Å². The molecule has 0 bridgehead atoms. The highest BCUT2D eigenvalue weighted by Gasteiger charge is 2.17. The van der Waals surface area contributed by atoms with Gasteiger partial charge in [-0.15, -0.1) is 0 Å². The van der Waals surface area contributed by atoms with Gasteiger partial charge in [0.25, 0.3) is 10.0 Å². The Kier molecular flexibility index (Phi) is 5.44. The Morgan fingerprint density at radius 1 is 1.32 bits per heavy atom. The van der Waals surface area contributed by atoms with Gasteiger partial charge in [0.1, 0.15) is 0 Å². The lowest BCUT2D eigenvalue weighted by Crippen LogP contribution is -2.17. The Bertz CT molecular complexity index is 588. The second kappa shape index (κ2) is 6.84. The fourth-order valence-electron chi connectivity index (χ4n) is 1.27. The van der Waals surface area contributed by atoms with E-state index in [1.165, 1.54) is 24.3 Å². The van der Waals surface area contributed by atoms with Gasteiger partial charge in [0.05, 0.1) is 11.5 Å². The second-order valence-electron chi connectivity index (χ2n) is 3.49. The quantitative estimate of drug-likeness (QED) is 0.611. The minimum atomic E-state index is -3.91. The predicted molar refractivity (Wildman–Crippen MR) is 72.5 cm³/mol. The molecule has 0 aliphatic heterocycles. The molecule has 0 aromatic heterocycles. The molecule has 0 amide bonds. The Morgan fingerprint density at radius 3 is 2.47 bits per heavy atom. The summed E-state index contributed by atoms with van der Waals surface area (Å²) in [5.74, 6) is -0.764. The van der Waals surface area contributed by atoms with Gasteiger partial charge in [0, 0.05) is 0 Å². The first-order chi connectivity index (χ1) is 9.01. The van der Waals surface area contributed by atoms with Crippen LogP contribution in [0.5, 0.6) is 0 Å². The van der Waals surface area contributed by atoms with Crippen molar-refractivity contribution in [3.8, 4) is 0 Å². The summed E-state index contributed by atoms with van der Waals surface area (Å²) in [6.07, 6.45) is 2.83. The summed E-state index contributed by atoms with van der Waals surface area (Å²) in [4.78, 5) is 11.6. The molecule has 0 radical (unpaired) electrons. The van der Waals surface area contributed by atoms with Crippen molar-refractivity contribution < 1.29 is 17.9 Å². The molecule has 5 nitrogen and oxygen atoms in total. The van der Waals surface area contributed by atoms with E-state index in [0.29, 0.717) is 0 Å². The van der Waals surface area contributed by atoms with Crippen molar-refractivity contribution >= 4 is 21.7 Å². The standard InChI is InChI=1S/C13H15NO4S/c1-3-8-12(13(15)18-4-2)14-19(16,17)11-9-6-5-7-10-11/h3,5-10H,4H2,1-2H3/b8-3+,14-12-. The Balaban J connectivity index is 3.19. The van der Waals surface area contributed by atoms with Crippen LogP contribution in [-0.2, 0) is 19.6 Å². The first-order valence-electron chi connectivity index (χ1n) is 5.71. The van der Waals surface area contributed by atoms with Gasteiger partial charge in [-0.05, 0) is 32.1 Å². The third-order valence-electron chi connectivity index (χ3n) is 2.07. The van der Waals surface area contributed by atoms with Gasteiger partial charge in [0.2, 0.25) is 0 Å². The van der Waals surface area contributed by atoms with Crippen molar-refractivity contribution in [2.45, 2.75) is 18.7 Å². The Hall–Kier alpha value is -1.95. The molecular formula is C13H15NO4S. The van der Waals surface area contributed by atoms with E-state index in [-0.39, 0.29) is 17.2 Å². The number of hydrogen-bond acceptors (Lipinski definition) is 4. The SMILES string of the molecule is C/C=C/C(=N/S(=O)(=O)c1ccccc1)C(=O)OCC. The fraction of sp³-hybridized carbons (Fsp3) is 0.231. The highest BCUT2D eigenvalue weighted by Crippen LogP contribution is 2.12. The van der Waals surface area contributed by atoms with Crippen LogP contribution in [0.4, 0.5) is 0 Å². The minimum Gasteiger partial charge on any atom is -0.461 e. The van der Waals surface area contributed by atoms with Gasteiger partial charge in [-0.1, -0.05) is 24.3 Å². The number of allylic oxidation sites excluding steroid dienone is 1. The van der Waals surface area contributed by atoms with Crippen LogP contribution in [-0.4, -0.2) is 26.7 Å². The van der Waals surface area contributed by atoms with Crippen LogP contribution in [0.1, 0.15) is 13.8 Å². The first kappa shape index (κ1) is 15.1. The van der Waals surface area contributed by atoms with Gasteiger partial charge in [0.15, 0.2) is 5.71 Å². The maximum Gasteiger partial charge on any atom is 0.357 e. The summed E-state index contributed by atoms with van der Waals surface area (Å²) >= 11 is 0. The van der Waals surface area contributed by atoms with Crippen LogP contribution < -0.4 is 0 Å². The molecule has 19 heavy (non-hydrogen) atoms. The van der Waals surface area contributed by atoms with Crippen LogP contribution >= 0.6 is 0 Å². The number of carbonyl (C=O) groups is 1. The number of ether oxygens (including phenoxy) is 1. The monoisotopic (exact) mass is 281 g/mol. The molecule has 1 rings (SSSR count). The molecule has 102 valence electrons. The third kappa shape index (κ3) is 4.33. The summed E-state index contributed by atoms with van der Waals surface area (Å²) in [6, 6.07) is 7.69. The first-order valence-corrected chi connectivity index (χ1v) is 7.15. The molecule has 0 aliphatic rings. The molecular weight excluding hydrogens is 266 g/mol. The van der Waals surface area contributed by atoms with Gasteiger partial charge >= 0.3 is 5.97 Å². The van der Waals surface area contributed by atoms with E-state index in [4.69, 9.17) is 4.74 Å². The lowest BCUT2D eigenvalue weighted by molar-refractivity contribution is -0.134. The second-order valence-corrected chi connectivity index (χ2v) is 5.09. The van der Waals surface area contributed by atoms with Crippen LogP contribution in [0, 0.1) is 0 Å². The Labute approximate surface area is 112 Å². The third-order valence-corrected chi connectivity index (χ3v) is 3.37. The fourth-order valence-corrected chi connectivity index (χ4v) is 2.27. The smallest absolute Gasteiger partial charge is 0.357 e. The lowest BCUT2D eigenvalue weighted by Gasteiger charge is -2.03. The number of hydrogen-bond donors (Lipinski definition) is 0. The summed E-state index contributed by atoms with van der Waals surface area (Å²) < 4.78 is 32.3. The van der Waals surface area contributed by atoms with Gasteiger partial charge in [-0.25, -0.2) is 4.79 Å². The number of esters is 1. The topological polar surface area (TPSA) is 72.8 Å². The average molecular weight is 281 g/mol. The normalized spacial score (nSPS) is 12.6. The van der Waals surface area contributed by atoms with Crippen molar-refractivity contribution in [1.29, 1.82) is 0 Å². The molecule has 6 heteroatoms. The van der Waals surface area contributed by atoms with Crippen LogP contribution in [0.2, 0.25) is 0 Å². The molecule has 1 aromatic carbocycles. The molecule has 0 atom stereocenters. The highest BCUT2D eigenvalue weighted by atomic mass is 32.2. The number of nitrogens with zero attached hydrogens (tertiary/aromatic N) is 1.